The molecule has 0 saturated heterocycles. The van der Waals surface area contributed by atoms with Crippen molar-refractivity contribution in [2.45, 2.75) is 38.6 Å². The van der Waals surface area contributed by atoms with E-state index in [1.165, 1.54) is 0 Å². The molecule has 0 unspecified atom stereocenters. The highest BCUT2D eigenvalue weighted by Crippen LogP contribution is 2.27. The minimum absolute atomic E-state index is 0.0966. The SMILES string of the molecule is Cc1c(-c2ccccc2)oc2c(C(=O)NC3CCCC3)cccc2c1=O. The predicted molar refractivity (Wildman–Crippen MR) is 102 cm³/mol. The molecule has 0 bridgehead atoms. The highest BCUT2D eigenvalue weighted by Gasteiger charge is 2.22. The molecule has 26 heavy (non-hydrogen) atoms. The molecule has 4 heteroatoms. The Bertz CT molecular complexity index is 1010. The molecule has 4 rings (SSSR count). The normalized spacial score (nSPS) is 14.7. The van der Waals surface area contributed by atoms with Crippen molar-refractivity contribution < 1.29 is 9.21 Å². The number of amides is 1. The summed E-state index contributed by atoms with van der Waals surface area (Å²) in [5, 5.41) is 3.53. The molecule has 0 atom stereocenters. The molecule has 1 saturated carbocycles. The second-order valence-electron chi connectivity index (χ2n) is 6.89. The Balaban J connectivity index is 1.85. The molecule has 1 amide bonds. The van der Waals surface area contributed by atoms with Crippen LogP contribution in [0.15, 0.2) is 57.7 Å². The van der Waals surface area contributed by atoms with Gasteiger partial charge in [-0.25, -0.2) is 0 Å². The van der Waals surface area contributed by atoms with Crippen LogP contribution in [0, 0.1) is 6.92 Å². The Morgan fingerprint density at radius 1 is 1.04 bits per heavy atom. The van der Waals surface area contributed by atoms with Crippen molar-refractivity contribution in [2.24, 2.45) is 0 Å². The maximum absolute atomic E-state index is 12.9. The predicted octanol–water partition coefficient (Wildman–Crippen LogP) is 4.44. The monoisotopic (exact) mass is 347 g/mol. The summed E-state index contributed by atoms with van der Waals surface area (Å²) in [7, 11) is 0. The number of nitrogens with one attached hydrogen (secondary N) is 1. The van der Waals surface area contributed by atoms with Crippen molar-refractivity contribution in [3.8, 4) is 11.3 Å². The van der Waals surface area contributed by atoms with Gasteiger partial charge in [0.25, 0.3) is 5.91 Å². The second kappa shape index (κ2) is 6.79. The lowest BCUT2D eigenvalue weighted by Gasteiger charge is -2.14. The molecule has 4 nitrogen and oxygen atoms in total. The number of hydrogen-bond acceptors (Lipinski definition) is 3. The van der Waals surface area contributed by atoms with Gasteiger partial charge in [0.05, 0.1) is 10.9 Å². The lowest BCUT2D eigenvalue weighted by Crippen LogP contribution is -2.32. The first kappa shape index (κ1) is 16.6. The maximum Gasteiger partial charge on any atom is 0.255 e. The summed E-state index contributed by atoms with van der Waals surface area (Å²) in [6.45, 7) is 1.76. The average molecular weight is 347 g/mol. The van der Waals surface area contributed by atoms with E-state index in [1.54, 1.807) is 25.1 Å². The van der Waals surface area contributed by atoms with Gasteiger partial charge >= 0.3 is 0 Å². The van der Waals surface area contributed by atoms with Gasteiger partial charge in [0.2, 0.25) is 0 Å². The third-order valence-electron chi connectivity index (χ3n) is 5.12. The van der Waals surface area contributed by atoms with Gasteiger partial charge in [-0.15, -0.1) is 0 Å². The minimum atomic E-state index is -0.173. The molecule has 2 aromatic carbocycles. The van der Waals surface area contributed by atoms with Gasteiger partial charge in [-0.3, -0.25) is 9.59 Å². The molecule has 1 aliphatic rings. The van der Waals surface area contributed by atoms with Crippen LogP contribution in [0.5, 0.6) is 0 Å². The lowest BCUT2D eigenvalue weighted by atomic mass is 10.0. The van der Waals surface area contributed by atoms with Crippen LogP contribution in [-0.2, 0) is 0 Å². The average Bonchev–Trinajstić information content (AvgIpc) is 3.18. The third kappa shape index (κ3) is 2.92. The van der Waals surface area contributed by atoms with E-state index in [0.717, 1.165) is 31.2 Å². The van der Waals surface area contributed by atoms with Gasteiger partial charge in [0, 0.05) is 17.2 Å². The highest BCUT2D eigenvalue weighted by atomic mass is 16.3. The summed E-state index contributed by atoms with van der Waals surface area (Å²) in [6, 6.07) is 14.9. The quantitative estimate of drug-likeness (QED) is 0.762. The highest BCUT2D eigenvalue weighted by molar-refractivity contribution is 6.05. The van der Waals surface area contributed by atoms with E-state index in [4.69, 9.17) is 4.42 Å². The van der Waals surface area contributed by atoms with Crippen LogP contribution in [0.4, 0.5) is 0 Å². The van der Waals surface area contributed by atoms with Crippen LogP contribution in [0.2, 0.25) is 0 Å². The number of fused-ring (bicyclic) bond motifs is 1. The van der Waals surface area contributed by atoms with Crippen molar-refractivity contribution in [2.75, 3.05) is 0 Å². The van der Waals surface area contributed by atoms with E-state index in [1.807, 2.05) is 30.3 Å². The van der Waals surface area contributed by atoms with Crippen LogP contribution in [0.25, 0.3) is 22.3 Å². The van der Waals surface area contributed by atoms with Gasteiger partial charge in [-0.05, 0) is 31.9 Å². The Kier molecular flexibility index (Phi) is 4.33. The number of hydrogen-bond donors (Lipinski definition) is 1. The smallest absolute Gasteiger partial charge is 0.255 e. The van der Waals surface area contributed by atoms with Crippen molar-refractivity contribution in [3.63, 3.8) is 0 Å². The van der Waals surface area contributed by atoms with Gasteiger partial charge in [-0.2, -0.15) is 0 Å². The first-order valence-corrected chi connectivity index (χ1v) is 9.08. The van der Waals surface area contributed by atoms with E-state index in [-0.39, 0.29) is 17.4 Å². The fourth-order valence-electron chi connectivity index (χ4n) is 3.69. The molecule has 0 spiro atoms. The number of para-hydroxylation sites is 1. The zero-order valence-electron chi connectivity index (χ0n) is 14.7. The van der Waals surface area contributed by atoms with E-state index >= 15 is 0 Å². The van der Waals surface area contributed by atoms with E-state index in [9.17, 15) is 9.59 Å². The standard InChI is InChI=1S/C22H21NO3/c1-14-19(24)17-12-7-13-18(22(25)23-16-10-5-6-11-16)21(17)26-20(14)15-8-3-2-4-9-15/h2-4,7-9,12-13,16H,5-6,10-11H2,1H3,(H,23,25). The first-order chi connectivity index (χ1) is 12.6. The molecule has 132 valence electrons. The summed E-state index contributed by atoms with van der Waals surface area (Å²) in [5.41, 5.74) is 2.06. The Morgan fingerprint density at radius 2 is 1.77 bits per heavy atom. The molecule has 0 radical (unpaired) electrons. The van der Waals surface area contributed by atoms with Crippen molar-refractivity contribution in [1.29, 1.82) is 0 Å². The minimum Gasteiger partial charge on any atom is -0.455 e. The molecule has 1 aliphatic carbocycles. The molecular weight excluding hydrogens is 326 g/mol. The van der Waals surface area contributed by atoms with E-state index < -0.39 is 0 Å². The number of rotatable bonds is 3. The van der Waals surface area contributed by atoms with Crippen LogP contribution >= 0.6 is 0 Å². The van der Waals surface area contributed by atoms with Crippen molar-refractivity contribution >= 4 is 16.9 Å². The molecular formula is C22H21NO3. The Labute approximate surface area is 151 Å². The van der Waals surface area contributed by atoms with Crippen LogP contribution in [0.3, 0.4) is 0 Å². The van der Waals surface area contributed by atoms with E-state index in [0.29, 0.717) is 27.9 Å². The second-order valence-corrected chi connectivity index (χ2v) is 6.89. The summed E-state index contributed by atoms with van der Waals surface area (Å²) >= 11 is 0. The molecule has 1 fully saturated rings. The van der Waals surface area contributed by atoms with Crippen molar-refractivity contribution in [3.05, 3.63) is 69.9 Å². The number of carbonyl (C=O) groups is 1. The number of carbonyl (C=O) groups excluding carboxylic acids is 1. The summed E-state index contributed by atoms with van der Waals surface area (Å²) in [4.78, 5) is 25.6. The third-order valence-corrected chi connectivity index (χ3v) is 5.12. The van der Waals surface area contributed by atoms with Crippen LogP contribution < -0.4 is 10.7 Å². The zero-order valence-corrected chi connectivity index (χ0v) is 14.7. The summed E-state index contributed by atoms with van der Waals surface area (Å²) < 4.78 is 6.12. The Morgan fingerprint density at radius 3 is 2.50 bits per heavy atom. The van der Waals surface area contributed by atoms with Gasteiger partial charge < -0.3 is 9.73 Å². The summed E-state index contributed by atoms with van der Waals surface area (Å²) in [6.07, 6.45) is 4.31. The van der Waals surface area contributed by atoms with Gasteiger partial charge in [-0.1, -0.05) is 49.2 Å². The fraction of sp³-hybridized carbons (Fsp3) is 0.273. The van der Waals surface area contributed by atoms with E-state index in [2.05, 4.69) is 5.32 Å². The molecule has 1 heterocycles. The molecule has 1 N–H and O–H groups in total. The topological polar surface area (TPSA) is 59.3 Å². The number of benzene rings is 2. The van der Waals surface area contributed by atoms with Crippen molar-refractivity contribution in [1.82, 2.24) is 5.32 Å². The first-order valence-electron chi connectivity index (χ1n) is 9.08. The largest absolute Gasteiger partial charge is 0.455 e. The fourth-order valence-corrected chi connectivity index (χ4v) is 3.69. The van der Waals surface area contributed by atoms with Gasteiger partial charge in [0.1, 0.15) is 5.76 Å². The molecule has 1 aromatic heterocycles. The lowest BCUT2D eigenvalue weighted by molar-refractivity contribution is 0.0938. The van der Waals surface area contributed by atoms with Gasteiger partial charge in [0.15, 0.2) is 11.0 Å². The van der Waals surface area contributed by atoms with Crippen LogP contribution in [0.1, 0.15) is 41.6 Å². The zero-order chi connectivity index (χ0) is 18.1. The van der Waals surface area contributed by atoms with Crippen LogP contribution in [-0.4, -0.2) is 11.9 Å². The summed E-state index contributed by atoms with van der Waals surface area (Å²) in [5.74, 6) is 0.345. The maximum atomic E-state index is 12.9. The molecule has 0 aliphatic heterocycles. The molecule has 3 aromatic rings. The Hall–Kier alpha value is -2.88.